The molecule has 27 heavy (non-hydrogen) atoms. The van der Waals surface area contributed by atoms with Crippen LogP contribution in [0.1, 0.15) is 24.2 Å². The maximum absolute atomic E-state index is 12.4. The van der Waals surface area contributed by atoms with Crippen molar-refractivity contribution in [1.82, 2.24) is 14.1 Å². The van der Waals surface area contributed by atoms with Crippen molar-refractivity contribution < 1.29 is 22.7 Å². The molecule has 0 bridgehead atoms. The molecule has 146 valence electrons. The molecule has 0 unspecified atom stereocenters. The molecule has 0 aliphatic carbocycles. The molecular weight excluding hydrogens is 372 g/mol. The molecule has 0 saturated heterocycles. The summed E-state index contributed by atoms with van der Waals surface area (Å²) in [5.74, 6) is -1.19. The number of carbonyl (C=O) groups excluding carboxylic acids is 2. The van der Waals surface area contributed by atoms with Crippen LogP contribution in [0, 0.1) is 0 Å². The smallest absolute Gasteiger partial charge is 0.341 e. The summed E-state index contributed by atoms with van der Waals surface area (Å²) >= 11 is 0. The van der Waals surface area contributed by atoms with Crippen LogP contribution in [0.5, 0.6) is 0 Å². The van der Waals surface area contributed by atoms with Crippen molar-refractivity contribution in [1.29, 1.82) is 0 Å². The predicted molar refractivity (Wildman–Crippen MR) is 98.7 cm³/mol. The van der Waals surface area contributed by atoms with E-state index >= 15 is 0 Å². The van der Waals surface area contributed by atoms with E-state index in [1.807, 2.05) is 0 Å². The van der Waals surface area contributed by atoms with Crippen LogP contribution in [0.4, 0.5) is 5.69 Å². The molecule has 0 aliphatic heterocycles. The van der Waals surface area contributed by atoms with Gasteiger partial charge >= 0.3 is 5.97 Å². The number of nitrogens with zero attached hydrogens (tertiary/aromatic N) is 3. The highest BCUT2D eigenvalue weighted by Crippen LogP contribution is 2.18. The Hall–Kier alpha value is -2.72. The van der Waals surface area contributed by atoms with E-state index in [-0.39, 0.29) is 10.5 Å². The van der Waals surface area contributed by atoms with Gasteiger partial charge in [-0.25, -0.2) is 13.2 Å². The number of nitrogens with one attached hydrogen (secondary N) is 1. The number of hydrogen-bond acceptors (Lipinski definition) is 6. The van der Waals surface area contributed by atoms with Crippen molar-refractivity contribution >= 4 is 27.6 Å². The van der Waals surface area contributed by atoms with Crippen LogP contribution in [-0.4, -0.2) is 54.1 Å². The maximum atomic E-state index is 12.4. The molecule has 1 N–H and O–H groups in total. The SMILES string of the molecule is CCN(CC)S(=O)(=O)c1ccc(NC(=O)COC(=O)c2cnn(C)c2)cc1. The van der Waals surface area contributed by atoms with Crippen LogP contribution in [0.15, 0.2) is 41.6 Å². The lowest BCUT2D eigenvalue weighted by Crippen LogP contribution is -2.30. The highest BCUT2D eigenvalue weighted by atomic mass is 32.2. The van der Waals surface area contributed by atoms with E-state index in [9.17, 15) is 18.0 Å². The van der Waals surface area contributed by atoms with Gasteiger partial charge in [-0.3, -0.25) is 9.48 Å². The Morgan fingerprint density at radius 1 is 1.19 bits per heavy atom. The van der Waals surface area contributed by atoms with Crippen molar-refractivity contribution in [3.05, 3.63) is 42.2 Å². The molecule has 0 saturated carbocycles. The lowest BCUT2D eigenvalue weighted by molar-refractivity contribution is -0.119. The molecule has 1 heterocycles. The van der Waals surface area contributed by atoms with Gasteiger partial charge in [-0.05, 0) is 24.3 Å². The van der Waals surface area contributed by atoms with Gasteiger partial charge in [0.25, 0.3) is 5.91 Å². The summed E-state index contributed by atoms with van der Waals surface area (Å²) < 4.78 is 32.5. The molecule has 0 radical (unpaired) electrons. The zero-order chi connectivity index (χ0) is 20.0. The average molecular weight is 394 g/mol. The summed E-state index contributed by atoms with van der Waals surface area (Å²) in [6.07, 6.45) is 2.82. The molecule has 10 heteroatoms. The van der Waals surface area contributed by atoms with Gasteiger partial charge in [0.2, 0.25) is 10.0 Å². The molecule has 2 rings (SSSR count). The minimum absolute atomic E-state index is 0.146. The number of aromatic nitrogens is 2. The first-order valence-corrected chi connectivity index (χ1v) is 9.77. The largest absolute Gasteiger partial charge is 0.452 e. The zero-order valence-corrected chi connectivity index (χ0v) is 16.2. The number of amides is 1. The molecule has 1 aromatic carbocycles. The summed E-state index contributed by atoms with van der Waals surface area (Å²) in [7, 11) is -1.89. The van der Waals surface area contributed by atoms with E-state index in [1.54, 1.807) is 20.9 Å². The molecule has 1 aromatic heterocycles. The average Bonchev–Trinajstić information content (AvgIpc) is 3.07. The number of carbonyl (C=O) groups is 2. The van der Waals surface area contributed by atoms with Crippen LogP contribution >= 0.6 is 0 Å². The van der Waals surface area contributed by atoms with E-state index in [0.29, 0.717) is 18.8 Å². The van der Waals surface area contributed by atoms with Gasteiger partial charge in [-0.2, -0.15) is 9.40 Å². The first-order valence-electron chi connectivity index (χ1n) is 8.33. The van der Waals surface area contributed by atoms with Crippen molar-refractivity contribution in [3.63, 3.8) is 0 Å². The molecular formula is C17H22N4O5S. The second-order valence-electron chi connectivity index (χ2n) is 5.64. The van der Waals surface area contributed by atoms with Crippen molar-refractivity contribution in [2.24, 2.45) is 7.05 Å². The Kier molecular flexibility index (Phi) is 6.70. The van der Waals surface area contributed by atoms with Gasteiger partial charge in [0, 0.05) is 32.0 Å². The monoisotopic (exact) mass is 394 g/mol. The van der Waals surface area contributed by atoms with E-state index < -0.39 is 28.5 Å². The van der Waals surface area contributed by atoms with Crippen LogP contribution in [0.2, 0.25) is 0 Å². The third-order valence-electron chi connectivity index (χ3n) is 3.76. The van der Waals surface area contributed by atoms with Gasteiger partial charge in [-0.1, -0.05) is 13.8 Å². The summed E-state index contributed by atoms with van der Waals surface area (Å²) in [5, 5.41) is 6.39. The van der Waals surface area contributed by atoms with Crippen molar-refractivity contribution in [2.45, 2.75) is 18.7 Å². The fourth-order valence-corrected chi connectivity index (χ4v) is 3.82. The molecule has 2 aromatic rings. The van der Waals surface area contributed by atoms with Crippen LogP contribution in [0.3, 0.4) is 0 Å². The normalized spacial score (nSPS) is 11.4. The Bertz CT molecular complexity index is 902. The predicted octanol–water partition coefficient (Wildman–Crippen LogP) is 1.25. The van der Waals surface area contributed by atoms with Crippen molar-refractivity contribution in [2.75, 3.05) is 25.0 Å². The number of rotatable bonds is 8. The second-order valence-corrected chi connectivity index (χ2v) is 7.58. The van der Waals surface area contributed by atoms with Crippen LogP contribution in [0.25, 0.3) is 0 Å². The lowest BCUT2D eigenvalue weighted by Gasteiger charge is -2.18. The summed E-state index contributed by atoms with van der Waals surface area (Å²) in [5.41, 5.74) is 0.646. The molecule has 0 aliphatic rings. The number of benzene rings is 1. The number of esters is 1. The lowest BCUT2D eigenvalue weighted by atomic mass is 10.3. The number of ether oxygens (including phenoxy) is 1. The molecule has 0 atom stereocenters. The third kappa shape index (κ3) is 5.14. The van der Waals surface area contributed by atoms with Crippen LogP contribution in [-0.2, 0) is 26.6 Å². The molecule has 1 amide bonds. The van der Waals surface area contributed by atoms with E-state index in [1.165, 1.54) is 45.6 Å². The van der Waals surface area contributed by atoms with Gasteiger partial charge in [-0.15, -0.1) is 0 Å². The highest BCUT2D eigenvalue weighted by Gasteiger charge is 2.21. The Balaban J connectivity index is 1.94. The van der Waals surface area contributed by atoms with Gasteiger partial charge in [0.15, 0.2) is 6.61 Å². The second kappa shape index (κ2) is 8.78. The van der Waals surface area contributed by atoms with Gasteiger partial charge < -0.3 is 10.1 Å². The van der Waals surface area contributed by atoms with E-state index in [4.69, 9.17) is 4.74 Å². The van der Waals surface area contributed by atoms with Crippen LogP contribution < -0.4 is 5.32 Å². The Morgan fingerprint density at radius 2 is 1.81 bits per heavy atom. The Morgan fingerprint density at radius 3 is 2.33 bits per heavy atom. The van der Waals surface area contributed by atoms with Gasteiger partial charge in [0.05, 0.1) is 16.7 Å². The number of hydrogen-bond donors (Lipinski definition) is 1. The van der Waals surface area contributed by atoms with E-state index in [2.05, 4.69) is 10.4 Å². The molecule has 0 fully saturated rings. The third-order valence-corrected chi connectivity index (χ3v) is 5.82. The Labute approximate surface area is 158 Å². The number of sulfonamides is 1. The quantitative estimate of drug-likeness (QED) is 0.675. The molecule has 9 nitrogen and oxygen atoms in total. The summed E-state index contributed by atoms with van der Waals surface area (Å²) in [6, 6.07) is 5.81. The van der Waals surface area contributed by atoms with Crippen molar-refractivity contribution in [3.8, 4) is 0 Å². The minimum Gasteiger partial charge on any atom is -0.452 e. The van der Waals surface area contributed by atoms with E-state index in [0.717, 1.165) is 0 Å². The highest BCUT2D eigenvalue weighted by molar-refractivity contribution is 7.89. The topological polar surface area (TPSA) is 111 Å². The fraction of sp³-hybridized carbons (Fsp3) is 0.353. The molecule has 0 spiro atoms. The first kappa shape index (κ1) is 20.6. The summed E-state index contributed by atoms with van der Waals surface area (Å²) in [6.45, 7) is 3.82. The maximum Gasteiger partial charge on any atom is 0.341 e. The standard InChI is InChI=1S/C17H22N4O5S/c1-4-21(5-2)27(24,25)15-8-6-14(7-9-15)19-16(22)12-26-17(23)13-10-18-20(3)11-13/h6-11H,4-5,12H2,1-3H3,(H,19,22). The summed E-state index contributed by atoms with van der Waals surface area (Å²) in [4.78, 5) is 23.8. The van der Waals surface area contributed by atoms with Gasteiger partial charge in [0.1, 0.15) is 0 Å². The first-order chi connectivity index (χ1) is 12.8. The number of anilines is 1. The number of aryl methyl sites for hydroxylation is 1. The minimum atomic E-state index is -3.55. The zero-order valence-electron chi connectivity index (χ0n) is 15.4. The fourth-order valence-electron chi connectivity index (χ4n) is 2.36.